The van der Waals surface area contributed by atoms with Crippen LogP contribution in [0.4, 0.5) is 0 Å². The van der Waals surface area contributed by atoms with Crippen molar-refractivity contribution in [1.29, 1.82) is 0 Å². The van der Waals surface area contributed by atoms with Crippen molar-refractivity contribution in [2.45, 2.75) is 6.54 Å². The van der Waals surface area contributed by atoms with Crippen LogP contribution in [0.25, 0.3) is 10.9 Å². The first kappa shape index (κ1) is 13.2. The number of aromatic amines is 1. The summed E-state index contributed by atoms with van der Waals surface area (Å²) < 4.78 is 0. The Balaban J connectivity index is 1.84. The third-order valence-electron chi connectivity index (χ3n) is 3.52. The van der Waals surface area contributed by atoms with E-state index in [0.717, 1.165) is 16.5 Å². The third-order valence-corrected chi connectivity index (χ3v) is 3.52. The zero-order chi connectivity index (χ0) is 14.8. The fraction of sp³-hybridized carbons (Fsp3) is 0.118. The Morgan fingerprint density at radius 3 is 2.67 bits per heavy atom. The largest absolute Gasteiger partial charge is 0.508 e. The Hall–Kier alpha value is -2.75. The van der Waals surface area contributed by atoms with Crippen LogP contribution in [0.5, 0.6) is 5.75 Å². The standard InChI is InChI=1S/C17H16N2O2/c1-19(11-12-5-7-14(20)8-6-12)17(21)15-4-2-3-13-9-10-18-16(13)15/h2-10,18,20H,11H2,1H3. The molecule has 1 aromatic heterocycles. The lowest BCUT2D eigenvalue weighted by atomic mass is 10.1. The number of rotatable bonds is 3. The zero-order valence-electron chi connectivity index (χ0n) is 11.7. The van der Waals surface area contributed by atoms with Crippen LogP contribution in [-0.4, -0.2) is 27.9 Å². The number of carbonyl (C=O) groups excluding carboxylic acids is 1. The van der Waals surface area contributed by atoms with Crippen LogP contribution < -0.4 is 0 Å². The number of hydrogen-bond acceptors (Lipinski definition) is 2. The smallest absolute Gasteiger partial charge is 0.256 e. The molecule has 4 heteroatoms. The Morgan fingerprint density at radius 1 is 1.14 bits per heavy atom. The maximum atomic E-state index is 12.6. The Kier molecular flexibility index (Phi) is 3.36. The van der Waals surface area contributed by atoms with Crippen LogP contribution in [0, 0.1) is 0 Å². The lowest BCUT2D eigenvalue weighted by Crippen LogP contribution is -2.26. The lowest BCUT2D eigenvalue weighted by molar-refractivity contribution is 0.0787. The van der Waals surface area contributed by atoms with Crippen LogP contribution in [0.3, 0.4) is 0 Å². The molecule has 0 aliphatic carbocycles. The summed E-state index contributed by atoms with van der Waals surface area (Å²) in [7, 11) is 1.77. The molecule has 3 aromatic rings. The number of nitrogens with one attached hydrogen (secondary N) is 1. The first-order valence-electron chi connectivity index (χ1n) is 6.74. The molecule has 0 aliphatic heterocycles. The maximum Gasteiger partial charge on any atom is 0.256 e. The van der Waals surface area contributed by atoms with E-state index in [1.807, 2.05) is 42.6 Å². The summed E-state index contributed by atoms with van der Waals surface area (Å²) in [4.78, 5) is 17.4. The summed E-state index contributed by atoms with van der Waals surface area (Å²) in [5.74, 6) is 0.194. The van der Waals surface area contributed by atoms with Crippen molar-refractivity contribution in [2.24, 2.45) is 0 Å². The molecule has 2 N–H and O–H groups in total. The first-order chi connectivity index (χ1) is 10.1. The van der Waals surface area contributed by atoms with Crippen LogP contribution in [0.2, 0.25) is 0 Å². The van der Waals surface area contributed by atoms with E-state index in [1.165, 1.54) is 0 Å². The van der Waals surface area contributed by atoms with Gasteiger partial charge in [-0.2, -0.15) is 0 Å². The molecule has 4 nitrogen and oxygen atoms in total. The normalized spacial score (nSPS) is 10.7. The number of phenolic OH excluding ortho intramolecular Hbond substituents is 1. The molecule has 21 heavy (non-hydrogen) atoms. The summed E-state index contributed by atoms with van der Waals surface area (Å²) in [6.45, 7) is 0.496. The quantitative estimate of drug-likeness (QED) is 0.774. The molecule has 0 radical (unpaired) electrons. The molecule has 0 fully saturated rings. The number of amides is 1. The average molecular weight is 280 g/mol. The van der Waals surface area contributed by atoms with E-state index >= 15 is 0 Å². The number of benzene rings is 2. The zero-order valence-corrected chi connectivity index (χ0v) is 11.7. The number of carbonyl (C=O) groups is 1. The number of para-hydroxylation sites is 1. The molecule has 0 unspecified atom stereocenters. The predicted octanol–water partition coefficient (Wildman–Crippen LogP) is 3.15. The van der Waals surface area contributed by atoms with Gasteiger partial charge in [0.25, 0.3) is 5.91 Å². The second-order valence-corrected chi connectivity index (χ2v) is 5.08. The number of fused-ring (bicyclic) bond motifs is 1. The fourth-order valence-corrected chi connectivity index (χ4v) is 2.42. The highest BCUT2D eigenvalue weighted by Crippen LogP contribution is 2.19. The van der Waals surface area contributed by atoms with E-state index in [4.69, 9.17) is 0 Å². The Labute approximate surface area is 122 Å². The minimum Gasteiger partial charge on any atom is -0.508 e. The van der Waals surface area contributed by atoms with Crippen LogP contribution >= 0.6 is 0 Å². The second-order valence-electron chi connectivity index (χ2n) is 5.08. The van der Waals surface area contributed by atoms with Gasteiger partial charge in [0.15, 0.2) is 0 Å². The number of hydrogen-bond donors (Lipinski definition) is 2. The van der Waals surface area contributed by atoms with E-state index in [1.54, 1.807) is 24.1 Å². The molecule has 0 spiro atoms. The summed E-state index contributed by atoms with van der Waals surface area (Å²) >= 11 is 0. The van der Waals surface area contributed by atoms with Gasteiger partial charge in [-0.15, -0.1) is 0 Å². The highest BCUT2D eigenvalue weighted by atomic mass is 16.3. The van der Waals surface area contributed by atoms with E-state index < -0.39 is 0 Å². The first-order valence-corrected chi connectivity index (χ1v) is 6.74. The van der Waals surface area contributed by atoms with E-state index in [-0.39, 0.29) is 11.7 Å². The van der Waals surface area contributed by atoms with Gasteiger partial charge in [-0.25, -0.2) is 0 Å². The van der Waals surface area contributed by atoms with E-state index in [0.29, 0.717) is 12.1 Å². The molecule has 0 saturated carbocycles. The van der Waals surface area contributed by atoms with Gasteiger partial charge >= 0.3 is 0 Å². The molecular formula is C17H16N2O2. The van der Waals surface area contributed by atoms with Crippen LogP contribution in [0.1, 0.15) is 15.9 Å². The van der Waals surface area contributed by atoms with Crippen molar-refractivity contribution < 1.29 is 9.90 Å². The molecule has 2 aromatic carbocycles. The van der Waals surface area contributed by atoms with E-state index in [2.05, 4.69) is 4.98 Å². The molecule has 1 amide bonds. The SMILES string of the molecule is CN(Cc1ccc(O)cc1)C(=O)c1cccc2cc[nH]c12. The average Bonchev–Trinajstić information content (AvgIpc) is 2.97. The second kappa shape index (κ2) is 5.32. The highest BCUT2D eigenvalue weighted by Gasteiger charge is 2.15. The fourth-order valence-electron chi connectivity index (χ4n) is 2.42. The predicted molar refractivity (Wildman–Crippen MR) is 82.2 cm³/mol. The van der Waals surface area contributed by atoms with Gasteiger partial charge in [-0.3, -0.25) is 4.79 Å². The Morgan fingerprint density at radius 2 is 1.90 bits per heavy atom. The summed E-state index contributed by atoms with van der Waals surface area (Å²) in [5, 5.41) is 10.3. The monoisotopic (exact) mass is 280 g/mol. The molecule has 0 bridgehead atoms. The minimum absolute atomic E-state index is 0.0314. The Bertz CT molecular complexity index is 775. The highest BCUT2D eigenvalue weighted by molar-refractivity contribution is 6.05. The lowest BCUT2D eigenvalue weighted by Gasteiger charge is -2.18. The van der Waals surface area contributed by atoms with Gasteiger partial charge in [0.1, 0.15) is 5.75 Å². The van der Waals surface area contributed by atoms with Crippen molar-refractivity contribution in [3.05, 3.63) is 65.9 Å². The molecule has 0 atom stereocenters. The van der Waals surface area contributed by atoms with Gasteiger partial charge in [0.05, 0.1) is 11.1 Å². The molecule has 0 saturated heterocycles. The van der Waals surface area contributed by atoms with Gasteiger partial charge in [-0.1, -0.05) is 24.3 Å². The molecule has 1 heterocycles. The molecular weight excluding hydrogens is 264 g/mol. The van der Waals surface area contributed by atoms with Gasteiger partial charge in [0.2, 0.25) is 0 Å². The van der Waals surface area contributed by atoms with Crippen molar-refractivity contribution in [3.63, 3.8) is 0 Å². The summed E-state index contributed by atoms with van der Waals surface area (Å²) in [6, 6.07) is 14.5. The van der Waals surface area contributed by atoms with Gasteiger partial charge in [0, 0.05) is 25.2 Å². The molecule has 106 valence electrons. The van der Waals surface area contributed by atoms with Crippen molar-refractivity contribution in [3.8, 4) is 5.75 Å². The van der Waals surface area contributed by atoms with Crippen LogP contribution in [-0.2, 0) is 6.54 Å². The molecule has 3 rings (SSSR count). The minimum atomic E-state index is -0.0314. The van der Waals surface area contributed by atoms with Crippen molar-refractivity contribution >= 4 is 16.8 Å². The number of aromatic nitrogens is 1. The maximum absolute atomic E-state index is 12.6. The van der Waals surface area contributed by atoms with Gasteiger partial charge in [-0.05, 0) is 29.8 Å². The number of aromatic hydroxyl groups is 1. The third kappa shape index (κ3) is 2.60. The number of H-pyrrole nitrogens is 1. The van der Waals surface area contributed by atoms with Crippen molar-refractivity contribution in [1.82, 2.24) is 9.88 Å². The van der Waals surface area contributed by atoms with Gasteiger partial charge < -0.3 is 15.0 Å². The van der Waals surface area contributed by atoms with Crippen molar-refractivity contribution in [2.75, 3.05) is 7.05 Å². The number of nitrogens with zero attached hydrogens (tertiary/aromatic N) is 1. The van der Waals surface area contributed by atoms with Crippen LogP contribution in [0.15, 0.2) is 54.7 Å². The topological polar surface area (TPSA) is 56.3 Å². The number of phenols is 1. The van der Waals surface area contributed by atoms with E-state index in [9.17, 15) is 9.90 Å². The summed E-state index contributed by atoms with van der Waals surface area (Å²) in [5.41, 5.74) is 2.50. The summed E-state index contributed by atoms with van der Waals surface area (Å²) in [6.07, 6.45) is 1.83. The molecule has 0 aliphatic rings.